The zero-order valence-electron chi connectivity index (χ0n) is 15.3. The molecule has 0 saturated carbocycles. The molecule has 0 aromatic carbocycles. The monoisotopic (exact) mass is 345 g/mol. The summed E-state index contributed by atoms with van der Waals surface area (Å²) in [4.78, 5) is 30.8. The summed E-state index contributed by atoms with van der Waals surface area (Å²) in [7, 11) is 5.20. The van der Waals surface area contributed by atoms with E-state index in [2.05, 4.69) is 41.2 Å². The Kier molecular flexibility index (Phi) is 3.81. The van der Waals surface area contributed by atoms with Crippen LogP contribution >= 0.6 is 0 Å². The maximum Gasteiger partial charge on any atom is 0.329 e. The van der Waals surface area contributed by atoms with E-state index in [9.17, 15) is 9.59 Å². The topological polar surface area (TPSA) is 103 Å². The van der Waals surface area contributed by atoms with Crippen LogP contribution in [0.15, 0.2) is 22.0 Å². The van der Waals surface area contributed by atoms with Crippen molar-refractivity contribution in [2.45, 2.75) is 26.8 Å². The lowest BCUT2D eigenvalue weighted by molar-refractivity contribution is 0.345. The summed E-state index contributed by atoms with van der Waals surface area (Å²) in [6.45, 7) is 6.34. The second-order valence-electron chi connectivity index (χ2n) is 7.38. The Balaban J connectivity index is 2.14. The number of hydrogen-bond acceptors (Lipinski definition) is 5. The molecule has 3 aromatic rings. The molecular formula is C16H23N7O2. The first-order chi connectivity index (χ1) is 11.6. The zero-order valence-corrected chi connectivity index (χ0v) is 15.3. The highest BCUT2D eigenvalue weighted by atomic mass is 16.2. The summed E-state index contributed by atoms with van der Waals surface area (Å²) >= 11 is 0. The van der Waals surface area contributed by atoms with E-state index in [-0.39, 0.29) is 11.5 Å². The molecule has 0 aliphatic rings. The van der Waals surface area contributed by atoms with Gasteiger partial charge in [-0.25, -0.2) is 4.79 Å². The van der Waals surface area contributed by atoms with Crippen molar-refractivity contribution in [2.24, 2.45) is 26.6 Å². The van der Waals surface area contributed by atoms with Crippen LogP contribution in [0.3, 0.4) is 0 Å². The number of hydrogen-bond donors (Lipinski definition) is 2. The van der Waals surface area contributed by atoms with Gasteiger partial charge in [0, 0.05) is 32.9 Å². The first-order valence-electron chi connectivity index (χ1n) is 8.00. The van der Waals surface area contributed by atoms with Gasteiger partial charge in [0.2, 0.25) is 5.95 Å². The minimum absolute atomic E-state index is 0.0761. The number of nitrogens with one attached hydrogen (secondary N) is 2. The van der Waals surface area contributed by atoms with E-state index in [1.807, 2.05) is 19.4 Å². The quantitative estimate of drug-likeness (QED) is 0.734. The lowest BCUT2D eigenvalue weighted by Gasteiger charge is -2.31. The number of rotatable bonds is 3. The zero-order chi connectivity index (χ0) is 18.5. The van der Waals surface area contributed by atoms with Crippen molar-refractivity contribution in [1.29, 1.82) is 0 Å². The molecule has 0 aliphatic heterocycles. The third-order valence-corrected chi connectivity index (χ3v) is 4.33. The Bertz CT molecular complexity index is 1050. The molecule has 9 nitrogen and oxygen atoms in total. The van der Waals surface area contributed by atoms with E-state index >= 15 is 0 Å². The van der Waals surface area contributed by atoms with E-state index in [0.717, 1.165) is 5.56 Å². The maximum absolute atomic E-state index is 12.2. The van der Waals surface area contributed by atoms with Gasteiger partial charge in [-0.2, -0.15) is 10.1 Å². The van der Waals surface area contributed by atoms with Crippen molar-refractivity contribution in [3.05, 3.63) is 38.8 Å². The number of fused-ring (bicyclic) bond motifs is 1. The Morgan fingerprint density at radius 1 is 1.16 bits per heavy atom. The molecule has 0 aliphatic carbocycles. The predicted octanol–water partition coefficient (Wildman–Crippen LogP) is 0.893. The Morgan fingerprint density at radius 2 is 1.84 bits per heavy atom. The van der Waals surface area contributed by atoms with E-state index in [0.29, 0.717) is 17.1 Å². The Hall–Kier alpha value is -2.84. The highest BCUT2D eigenvalue weighted by Gasteiger charge is 2.29. The largest absolute Gasteiger partial charge is 0.348 e. The van der Waals surface area contributed by atoms with Crippen molar-refractivity contribution in [1.82, 2.24) is 28.9 Å². The van der Waals surface area contributed by atoms with Crippen LogP contribution in [0.25, 0.3) is 11.2 Å². The molecule has 0 amide bonds. The van der Waals surface area contributed by atoms with Crippen molar-refractivity contribution < 1.29 is 0 Å². The van der Waals surface area contributed by atoms with Gasteiger partial charge in [-0.3, -0.25) is 19.0 Å². The molecule has 0 fully saturated rings. The van der Waals surface area contributed by atoms with Gasteiger partial charge < -0.3 is 9.88 Å². The number of imidazole rings is 1. The van der Waals surface area contributed by atoms with Crippen LogP contribution in [-0.2, 0) is 21.1 Å². The SMILES string of the molecule is Cn1cc(C(Nc2nc3c(c(=O)[nH]c(=O)n3C)n2C)C(C)(C)C)cn1. The van der Waals surface area contributed by atoms with E-state index < -0.39 is 11.2 Å². The summed E-state index contributed by atoms with van der Waals surface area (Å²) < 4.78 is 4.75. The summed E-state index contributed by atoms with van der Waals surface area (Å²) in [5.41, 5.74) is 0.655. The molecule has 25 heavy (non-hydrogen) atoms. The van der Waals surface area contributed by atoms with E-state index in [1.165, 1.54) is 4.57 Å². The van der Waals surface area contributed by atoms with Gasteiger partial charge in [0.05, 0.1) is 12.2 Å². The smallest absolute Gasteiger partial charge is 0.329 e. The molecule has 9 heteroatoms. The van der Waals surface area contributed by atoms with Crippen molar-refractivity contribution in [2.75, 3.05) is 5.32 Å². The average molecular weight is 345 g/mol. The lowest BCUT2D eigenvalue weighted by Crippen LogP contribution is -2.29. The highest BCUT2D eigenvalue weighted by molar-refractivity contribution is 5.74. The van der Waals surface area contributed by atoms with Crippen LogP contribution in [0, 0.1) is 5.41 Å². The van der Waals surface area contributed by atoms with Crippen molar-refractivity contribution >= 4 is 17.1 Å². The average Bonchev–Trinajstić information content (AvgIpc) is 3.05. The number of aromatic nitrogens is 6. The van der Waals surface area contributed by atoms with Gasteiger partial charge in [-0.05, 0) is 5.41 Å². The molecular weight excluding hydrogens is 322 g/mol. The second kappa shape index (κ2) is 5.61. The molecule has 134 valence electrons. The molecule has 3 rings (SSSR count). The lowest BCUT2D eigenvalue weighted by atomic mass is 9.83. The predicted molar refractivity (Wildman–Crippen MR) is 95.6 cm³/mol. The number of nitrogens with zero attached hydrogens (tertiary/aromatic N) is 5. The minimum Gasteiger partial charge on any atom is -0.348 e. The molecule has 0 saturated heterocycles. The summed E-state index contributed by atoms with van der Waals surface area (Å²) in [5, 5.41) is 7.66. The number of aryl methyl sites for hydroxylation is 3. The number of anilines is 1. The van der Waals surface area contributed by atoms with Crippen molar-refractivity contribution in [3.63, 3.8) is 0 Å². The molecule has 3 aromatic heterocycles. The normalized spacial score (nSPS) is 13.4. The van der Waals surface area contributed by atoms with Gasteiger partial charge in [-0.15, -0.1) is 0 Å². The second-order valence-corrected chi connectivity index (χ2v) is 7.38. The minimum atomic E-state index is -0.484. The van der Waals surface area contributed by atoms with E-state index in [1.54, 1.807) is 23.3 Å². The molecule has 0 radical (unpaired) electrons. The number of aromatic amines is 1. The van der Waals surface area contributed by atoms with Crippen LogP contribution < -0.4 is 16.6 Å². The van der Waals surface area contributed by atoms with Crippen LogP contribution in [0.5, 0.6) is 0 Å². The van der Waals surface area contributed by atoms with Gasteiger partial charge in [0.25, 0.3) is 5.56 Å². The van der Waals surface area contributed by atoms with E-state index in [4.69, 9.17) is 0 Å². The van der Waals surface area contributed by atoms with Gasteiger partial charge in [0.1, 0.15) is 0 Å². The van der Waals surface area contributed by atoms with Gasteiger partial charge in [-0.1, -0.05) is 20.8 Å². The first kappa shape index (κ1) is 17.0. The molecule has 0 spiro atoms. The fourth-order valence-corrected chi connectivity index (χ4v) is 2.96. The molecule has 3 heterocycles. The third kappa shape index (κ3) is 2.86. The van der Waals surface area contributed by atoms with Crippen LogP contribution in [0.2, 0.25) is 0 Å². The molecule has 1 unspecified atom stereocenters. The Labute approximate surface area is 144 Å². The van der Waals surface area contributed by atoms with Crippen LogP contribution in [0.1, 0.15) is 32.4 Å². The molecule has 0 bridgehead atoms. The summed E-state index contributed by atoms with van der Waals surface area (Å²) in [6.07, 6.45) is 3.77. The fourth-order valence-electron chi connectivity index (χ4n) is 2.96. The number of H-pyrrole nitrogens is 1. The van der Waals surface area contributed by atoms with Crippen molar-refractivity contribution in [3.8, 4) is 0 Å². The fraction of sp³-hybridized carbons (Fsp3) is 0.500. The summed E-state index contributed by atoms with van der Waals surface area (Å²) in [6, 6.07) is -0.0761. The Morgan fingerprint density at radius 3 is 2.40 bits per heavy atom. The maximum atomic E-state index is 12.2. The third-order valence-electron chi connectivity index (χ3n) is 4.33. The van der Waals surface area contributed by atoms with Crippen LogP contribution in [-0.4, -0.2) is 28.9 Å². The molecule has 2 N–H and O–H groups in total. The first-order valence-corrected chi connectivity index (χ1v) is 8.00. The highest BCUT2D eigenvalue weighted by Crippen LogP contribution is 2.35. The molecule has 1 atom stereocenters. The standard InChI is InChI=1S/C16H23N7O2/c1-16(2,3)11(9-7-17-21(4)8-9)18-14-19-12-10(22(14)5)13(24)20-15(25)23(12)6/h7-8,11H,1-6H3,(H,18,19)(H,20,24,25). The van der Waals surface area contributed by atoms with Gasteiger partial charge >= 0.3 is 5.69 Å². The van der Waals surface area contributed by atoms with Gasteiger partial charge in [0.15, 0.2) is 11.2 Å². The summed E-state index contributed by atoms with van der Waals surface area (Å²) in [5.74, 6) is 0.519. The van der Waals surface area contributed by atoms with Crippen LogP contribution in [0.4, 0.5) is 5.95 Å².